The van der Waals surface area contributed by atoms with Gasteiger partial charge in [-0.25, -0.2) is 0 Å². The van der Waals surface area contributed by atoms with Crippen LogP contribution < -0.4 is 0 Å². The quantitative estimate of drug-likeness (QED) is 0.402. The van der Waals surface area contributed by atoms with Crippen molar-refractivity contribution in [1.29, 1.82) is 0 Å². The van der Waals surface area contributed by atoms with E-state index < -0.39 is 0 Å². The van der Waals surface area contributed by atoms with Crippen LogP contribution in [0.25, 0.3) is 0 Å². The van der Waals surface area contributed by atoms with E-state index in [1.807, 2.05) is 0 Å². The first kappa shape index (κ1) is 6.05. The fraction of sp³-hybridized carbons (Fsp3) is 0.833. The molecule has 0 aromatic rings. The molecule has 1 fully saturated rings. The van der Waals surface area contributed by atoms with Crippen molar-refractivity contribution >= 4 is 0 Å². The van der Waals surface area contributed by atoms with E-state index in [4.69, 9.17) is 9.47 Å². The molecule has 0 N–H and O–H groups in total. The minimum Gasteiger partial charge on any atom is -0.379 e. The lowest BCUT2D eigenvalue weighted by atomic mass is 10.5. The number of ether oxygens (including phenoxy) is 2. The van der Waals surface area contributed by atoms with Gasteiger partial charge in [-0.15, -0.1) is 0 Å². The van der Waals surface area contributed by atoms with Crippen molar-refractivity contribution in [1.82, 2.24) is 0 Å². The highest BCUT2D eigenvalue weighted by Crippen LogP contribution is 2.14. The smallest absolute Gasteiger partial charge is 0.115 e. The van der Waals surface area contributed by atoms with Gasteiger partial charge in [-0.3, -0.25) is 0 Å². The van der Waals surface area contributed by atoms with Crippen molar-refractivity contribution in [3.05, 3.63) is 6.61 Å². The van der Waals surface area contributed by atoms with Crippen molar-refractivity contribution in [2.24, 2.45) is 0 Å². The Kier molecular flexibility index (Phi) is 2.30. The molecule has 0 bridgehead atoms. The van der Waals surface area contributed by atoms with Crippen LogP contribution in [0.2, 0.25) is 0 Å². The van der Waals surface area contributed by atoms with Gasteiger partial charge in [0, 0.05) is 6.61 Å². The minimum absolute atomic E-state index is 0.307. The Balaban J connectivity index is 1.74. The Morgan fingerprint density at radius 1 is 1.75 bits per heavy atom. The molecule has 0 aliphatic carbocycles. The van der Waals surface area contributed by atoms with Crippen LogP contribution in [-0.2, 0) is 9.47 Å². The molecule has 0 aromatic carbocycles. The number of rotatable bonds is 4. The SMILES string of the molecule is CCCOCC1[CH]O1. The van der Waals surface area contributed by atoms with Crippen LogP contribution in [0.1, 0.15) is 13.3 Å². The molecule has 1 aliphatic rings. The van der Waals surface area contributed by atoms with E-state index in [0.717, 1.165) is 19.6 Å². The highest BCUT2D eigenvalue weighted by Gasteiger charge is 2.22. The van der Waals surface area contributed by atoms with Gasteiger partial charge in [-0.1, -0.05) is 6.92 Å². The summed E-state index contributed by atoms with van der Waals surface area (Å²) in [4.78, 5) is 0. The summed E-state index contributed by atoms with van der Waals surface area (Å²) in [5.74, 6) is 0. The molecule has 1 aliphatic heterocycles. The van der Waals surface area contributed by atoms with E-state index in [0.29, 0.717) is 6.10 Å². The topological polar surface area (TPSA) is 21.8 Å². The Hall–Kier alpha value is -0.0800. The molecular formula is C6H11O2. The van der Waals surface area contributed by atoms with Crippen LogP contribution in [-0.4, -0.2) is 19.3 Å². The Bertz CT molecular complexity index is 59.5. The summed E-state index contributed by atoms with van der Waals surface area (Å²) in [5.41, 5.74) is 0. The molecule has 8 heavy (non-hydrogen) atoms. The van der Waals surface area contributed by atoms with E-state index in [1.165, 1.54) is 0 Å². The van der Waals surface area contributed by atoms with E-state index in [2.05, 4.69) is 6.92 Å². The molecule has 1 heterocycles. The zero-order valence-corrected chi connectivity index (χ0v) is 5.09. The number of epoxide rings is 1. The normalized spacial score (nSPS) is 25.9. The molecule has 2 heteroatoms. The molecule has 1 atom stereocenters. The highest BCUT2D eigenvalue weighted by molar-refractivity contribution is 4.81. The minimum atomic E-state index is 0.307. The monoisotopic (exact) mass is 115 g/mol. The average Bonchev–Trinajstić information content (AvgIpc) is 2.51. The zero-order chi connectivity index (χ0) is 5.82. The summed E-state index contributed by atoms with van der Waals surface area (Å²) in [6.45, 7) is 5.48. The maximum absolute atomic E-state index is 5.15. The Labute approximate surface area is 49.8 Å². The molecule has 0 amide bonds. The molecule has 2 nitrogen and oxygen atoms in total. The van der Waals surface area contributed by atoms with Crippen molar-refractivity contribution in [3.63, 3.8) is 0 Å². The van der Waals surface area contributed by atoms with Gasteiger partial charge < -0.3 is 9.47 Å². The first-order valence-electron chi connectivity index (χ1n) is 3.00. The third-order valence-electron chi connectivity index (χ3n) is 0.959. The summed E-state index contributed by atoms with van der Waals surface area (Å²) in [7, 11) is 0. The van der Waals surface area contributed by atoms with E-state index in [-0.39, 0.29) is 0 Å². The molecule has 1 saturated heterocycles. The van der Waals surface area contributed by atoms with Gasteiger partial charge in [0.2, 0.25) is 0 Å². The first-order valence-corrected chi connectivity index (χ1v) is 3.00. The standard InChI is InChI=1S/C6H11O2/c1-2-3-7-4-6-5-8-6/h5-6H,2-4H2,1H3. The summed E-state index contributed by atoms with van der Waals surface area (Å²) in [6, 6.07) is 0. The predicted molar refractivity (Wildman–Crippen MR) is 30.3 cm³/mol. The number of hydrogen-bond acceptors (Lipinski definition) is 2. The van der Waals surface area contributed by atoms with Crippen molar-refractivity contribution in [2.45, 2.75) is 19.4 Å². The molecule has 1 radical (unpaired) electrons. The summed E-state index contributed by atoms with van der Waals surface area (Å²) in [6.07, 6.45) is 1.40. The molecule has 0 spiro atoms. The van der Waals surface area contributed by atoms with Crippen LogP contribution in [0, 0.1) is 6.61 Å². The van der Waals surface area contributed by atoms with Gasteiger partial charge in [0.05, 0.1) is 6.61 Å². The van der Waals surface area contributed by atoms with Gasteiger partial charge >= 0.3 is 0 Å². The van der Waals surface area contributed by atoms with Crippen LogP contribution in [0.5, 0.6) is 0 Å². The predicted octanol–water partition coefficient (Wildman–Crippen LogP) is 0.974. The molecule has 1 rings (SSSR count). The van der Waals surface area contributed by atoms with Crippen LogP contribution in [0.3, 0.4) is 0 Å². The third kappa shape index (κ3) is 2.28. The largest absolute Gasteiger partial charge is 0.379 e. The highest BCUT2D eigenvalue weighted by atomic mass is 16.6. The summed E-state index contributed by atoms with van der Waals surface area (Å²) >= 11 is 0. The third-order valence-corrected chi connectivity index (χ3v) is 0.959. The lowest BCUT2D eigenvalue weighted by Crippen LogP contribution is -2.00. The summed E-state index contributed by atoms with van der Waals surface area (Å²) < 4.78 is 9.96. The lowest BCUT2D eigenvalue weighted by Gasteiger charge is -1.95. The molecule has 1 unspecified atom stereocenters. The summed E-state index contributed by atoms with van der Waals surface area (Å²) in [5, 5.41) is 0. The van der Waals surface area contributed by atoms with E-state index >= 15 is 0 Å². The second-order valence-electron chi connectivity index (χ2n) is 1.89. The second-order valence-corrected chi connectivity index (χ2v) is 1.89. The van der Waals surface area contributed by atoms with Gasteiger partial charge in [0.15, 0.2) is 0 Å². The zero-order valence-electron chi connectivity index (χ0n) is 5.09. The Morgan fingerprint density at radius 3 is 3.00 bits per heavy atom. The van der Waals surface area contributed by atoms with Crippen molar-refractivity contribution in [3.8, 4) is 0 Å². The van der Waals surface area contributed by atoms with E-state index in [9.17, 15) is 0 Å². The first-order chi connectivity index (χ1) is 3.93. The molecule has 47 valence electrons. The maximum Gasteiger partial charge on any atom is 0.115 e. The van der Waals surface area contributed by atoms with Crippen molar-refractivity contribution in [2.75, 3.05) is 13.2 Å². The average molecular weight is 115 g/mol. The van der Waals surface area contributed by atoms with Crippen LogP contribution in [0.15, 0.2) is 0 Å². The van der Waals surface area contributed by atoms with Gasteiger partial charge in [0.1, 0.15) is 12.7 Å². The van der Waals surface area contributed by atoms with Gasteiger partial charge in [0.25, 0.3) is 0 Å². The maximum atomic E-state index is 5.15. The van der Waals surface area contributed by atoms with Crippen LogP contribution >= 0.6 is 0 Å². The van der Waals surface area contributed by atoms with Crippen molar-refractivity contribution < 1.29 is 9.47 Å². The Morgan fingerprint density at radius 2 is 2.50 bits per heavy atom. The van der Waals surface area contributed by atoms with E-state index in [1.54, 1.807) is 6.61 Å². The fourth-order valence-corrected chi connectivity index (χ4v) is 0.478. The van der Waals surface area contributed by atoms with Crippen LogP contribution in [0.4, 0.5) is 0 Å². The van der Waals surface area contributed by atoms with Gasteiger partial charge in [-0.05, 0) is 6.42 Å². The van der Waals surface area contributed by atoms with Gasteiger partial charge in [-0.2, -0.15) is 0 Å². The number of hydrogen-bond donors (Lipinski definition) is 0. The molecular weight excluding hydrogens is 104 g/mol. The lowest BCUT2D eigenvalue weighted by molar-refractivity contribution is 0.117. The molecule has 0 aromatic heterocycles. The second kappa shape index (κ2) is 3.05. The fourth-order valence-electron chi connectivity index (χ4n) is 0.478. The molecule has 0 saturated carbocycles.